The average Bonchev–Trinajstić information content (AvgIpc) is 3.37. The first-order valence-electron chi connectivity index (χ1n) is 11.3. The van der Waals surface area contributed by atoms with Crippen LogP contribution < -0.4 is 0 Å². The molecular weight excluding hydrogens is 474 g/mol. The van der Waals surface area contributed by atoms with Crippen molar-refractivity contribution in [2.45, 2.75) is 35.8 Å². The van der Waals surface area contributed by atoms with Gasteiger partial charge in [-0.2, -0.15) is 4.31 Å². The van der Waals surface area contributed by atoms with Crippen molar-refractivity contribution < 1.29 is 17.6 Å². The first kappa shape index (κ1) is 23.0. The molecule has 1 fully saturated rings. The minimum atomic E-state index is -3.57. The van der Waals surface area contributed by atoms with Gasteiger partial charge in [-0.1, -0.05) is 17.8 Å². The molecule has 3 aromatic rings. The van der Waals surface area contributed by atoms with E-state index in [9.17, 15) is 13.2 Å². The molecule has 34 heavy (non-hydrogen) atoms. The molecule has 2 aliphatic rings. The Morgan fingerprint density at radius 3 is 2.59 bits per heavy atom. The second-order valence-corrected chi connectivity index (χ2v) is 11.2. The molecule has 11 heteroatoms. The molecule has 178 valence electrons. The lowest BCUT2D eigenvalue weighted by atomic mass is 9.92. The van der Waals surface area contributed by atoms with Gasteiger partial charge >= 0.3 is 0 Å². The van der Waals surface area contributed by atoms with Gasteiger partial charge < -0.3 is 9.32 Å². The third-order valence-electron chi connectivity index (χ3n) is 6.18. The van der Waals surface area contributed by atoms with Crippen LogP contribution in [0.4, 0.5) is 0 Å². The predicted octanol–water partition coefficient (Wildman–Crippen LogP) is 2.64. The number of sulfonamides is 1. The van der Waals surface area contributed by atoms with Crippen LogP contribution in [0.3, 0.4) is 0 Å². The number of benzene rings is 1. The van der Waals surface area contributed by atoms with Gasteiger partial charge in [-0.15, -0.1) is 10.2 Å². The molecule has 0 atom stereocenters. The van der Waals surface area contributed by atoms with E-state index < -0.39 is 10.0 Å². The third kappa shape index (κ3) is 4.86. The van der Waals surface area contributed by atoms with Crippen molar-refractivity contribution in [2.24, 2.45) is 0 Å². The van der Waals surface area contributed by atoms with E-state index in [1.165, 1.54) is 21.6 Å². The van der Waals surface area contributed by atoms with E-state index in [1.54, 1.807) is 29.4 Å². The predicted molar refractivity (Wildman–Crippen MR) is 127 cm³/mol. The van der Waals surface area contributed by atoms with Crippen LogP contribution in [0, 0.1) is 0 Å². The number of rotatable bonds is 6. The van der Waals surface area contributed by atoms with Crippen molar-refractivity contribution in [1.82, 2.24) is 24.4 Å². The molecule has 1 aliphatic heterocycles. The van der Waals surface area contributed by atoms with Crippen LogP contribution in [0.1, 0.15) is 24.0 Å². The number of aromatic nitrogens is 3. The maximum atomic E-state index is 13.2. The number of fused-ring (bicyclic) bond motifs is 1. The zero-order valence-corrected chi connectivity index (χ0v) is 20.2. The number of carbonyl (C=O) groups is 1. The maximum Gasteiger partial charge on any atom is 0.277 e. The summed E-state index contributed by atoms with van der Waals surface area (Å²) in [5.41, 5.74) is 3.11. The summed E-state index contributed by atoms with van der Waals surface area (Å²) in [6, 6.07) is 9.11. The monoisotopic (exact) mass is 499 g/mol. The van der Waals surface area contributed by atoms with Crippen LogP contribution in [-0.4, -0.2) is 70.6 Å². The summed E-state index contributed by atoms with van der Waals surface area (Å²) in [5.74, 6) is 0.410. The molecule has 1 aliphatic carbocycles. The Kier molecular flexibility index (Phi) is 6.66. The quantitative estimate of drug-likeness (QED) is 0.476. The Hall–Kier alpha value is -2.76. The Bertz CT molecular complexity index is 1270. The molecule has 1 saturated heterocycles. The molecule has 0 N–H and O–H groups in total. The number of piperazine rings is 1. The highest BCUT2D eigenvalue weighted by molar-refractivity contribution is 7.99. The zero-order chi connectivity index (χ0) is 23.5. The molecular formula is C23H25N5O4S2. The Labute approximate surface area is 202 Å². The molecule has 1 aromatic carbocycles. The largest absolute Gasteiger partial charge is 0.411 e. The molecule has 0 bridgehead atoms. The van der Waals surface area contributed by atoms with Crippen molar-refractivity contribution in [3.8, 4) is 11.5 Å². The molecule has 0 radical (unpaired) electrons. The van der Waals surface area contributed by atoms with Gasteiger partial charge in [0, 0.05) is 38.6 Å². The lowest BCUT2D eigenvalue weighted by molar-refractivity contribution is -0.129. The van der Waals surface area contributed by atoms with Crippen LogP contribution in [0.25, 0.3) is 11.5 Å². The molecule has 0 spiro atoms. The lowest BCUT2D eigenvalue weighted by Gasteiger charge is -2.34. The second kappa shape index (κ2) is 9.85. The van der Waals surface area contributed by atoms with Crippen LogP contribution in [0.2, 0.25) is 0 Å². The van der Waals surface area contributed by atoms with Crippen molar-refractivity contribution in [3.05, 3.63) is 53.9 Å². The summed E-state index contributed by atoms with van der Waals surface area (Å²) in [7, 11) is -3.57. The van der Waals surface area contributed by atoms with E-state index in [4.69, 9.17) is 4.42 Å². The second-order valence-electron chi connectivity index (χ2n) is 8.33. The highest BCUT2D eigenvalue weighted by atomic mass is 32.2. The van der Waals surface area contributed by atoms with E-state index in [2.05, 4.69) is 15.2 Å². The topological polar surface area (TPSA) is 109 Å². The van der Waals surface area contributed by atoms with Gasteiger partial charge in [-0.05, 0) is 61.1 Å². The number of hydrogen-bond donors (Lipinski definition) is 0. The fourth-order valence-corrected chi connectivity index (χ4v) is 6.43. The van der Waals surface area contributed by atoms with Gasteiger partial charge in [-0.3, -0.25) is 9.78 Å². The SMILES string of the molecule is O=C(CSc1nnc(-c2cccnc2)o1)N1CCN(S(=O)(=O)c2ccc3c(c2)CCCC3)CC1. The van der Waals surface area contributed by atoms with E-state index in [-0.39, 0.29) is 24.7 Å². The van der Waals surface area contributed by atoms with Gasteiger partial charge in [0.1, 0.15) is 0 Å². The van der Waals surface area contributed by atoms with Crippen molar-refractivity contribution in [1.29, 1.82) is 0 Å². The van der Waals surface area contributed by atoms with Crippen LogP contribution in [0.15, 0.2) is 57.3 Å². The molecule has 5 rings (SSSR count). The van der Waals surface area contributed by atoms with Crippen LogP contribution in [0.5, 0.6) is 0 Å². The third-order valence-corrected chi connectivity index (χ3v) is 8.88. The Morgan fingerprint density at radius 2 is 1.82 bits per heavy atom. The molecule has 2 aromatic heterocycles. The van der Waals surface area contributed by atoms with E-state index in [0.717, 1.165) is 31.2 Å². The van der Waals surface area contributed by atoms with Gasteiger partial charge in [0.05, 0.1) is 16.2 Å². The zero-order valence-electron chi connectivity index (χ0n) is 18.6. The first-order valence-corrected chi connectivity index (χ1v) is 13.7. The van der Waals surface area contributed by atoms with Gasteiger partial charge in [-0.25, -0.2) is 8.42 Å². The van der Waals surface area contributed by atoms with Crippen LogP contribution in [-0.2, 0) is 27.7 Å². The maximum absolute atomic E-state index is 13.2. The molecule has 0 unspecified atom stereocenters. The van der Waals surface area contributed by atoms with E-state index in [1.807, 2.05) is 18.2 Å². The highest BCUT2D eigenvalue weighted by Crippen LogP contribution is 2.27. The van der Waals surface area contributed by atoms with Crippen molar-refractivity contribution >= 4 is 27.7 Å². The molecule has 9 nitrogen and oxygen atoms in total. The first-order chi connectivity index (χ1) is 16.5. The smallest absolute Gasteiger partial charge is 0.277 e. The van der Waals surface area contributed by atoms with Gasteiger partial charge in [0.25, 0.3) is 5.22 Å². The number of pyridine rings is 1. The van der Waals surface area contributed by atoms with E-state index >= 15 is 0 Å². The fourth-order valence-electron chi connectivity index (χ4n) is 4.29. The minimum absolute atomic E-state index is 0.0862. The minimum Gasteiger partial charge on any atom is -0.411 e. The molecule has 0 saturated carbocycles. The average molecular weight is 500 g/mol. The number of amides is 1. The van der Waals surface area contributed by atoms with Crippen molar-refractivity contribution in [2.75, 3.05) is 31.9 Å². The summed E-state index contributed by atoms with van der Waals surface area (Å²) in [6.45, 7) is 1.27. The number of hydrogen-bond acceptors (Lipinski definition) is 8. The molecule has 3 heterocycles. The number of nitrogens with zero attached hydrogens (tertiary/aromatic N) is 5. The van der Waals surface area contributed by atoms with Crippen LogP contribution >= 0.6 is 11.8 Å². The summed E-state index contributed by atoms with van der Waals surface area (Å²) >= 11 is 1.17. The Morgan fingerprint density at radius 1 is 1.03 bits per heavy atom. The number of carbonyl (C=O) groups excluding carboxylic acids is 1. The Balaban J connectivity index is 1.15. The standard InChI is InChI=1S/C23H25N5O4S2/c29-21(16-33-23-26-25-22(32-23)19-6-3-9-24-15-19)27-10-12-28(13-11-27)34(30,31)20-8-7-17-4-1-2-5-18(17)14-20/h3,6-9,14-15H,1-2,4-5,10-13,16H2. The molecule has 1 amide bonds. The summed E-state index contributed by atoms with van der Waals surface area (Å²) in [4.78, 5) is 18.7. The van der Waals surface area contributed by atoms with Gasteiger partial charge in [0.2, 0.25) is 21.8 Å². The number of aryl methyl sites for hydroxylation is 2. The van der Waals surface area contributed by atoms with Gasteiger partial charge in [0.15, 0.2) is 0 Å². The normalized spacial score (nSPS) is 16.9. The summed E-state index contributed by atoms with van der Waals surface area (Å²) in [5, 5.41) is 8.28. The lowest BCUT2D eigenvalue weighted by Crippen LogP contribution is -2.51. The summed E-state index contributed by atoms with van der Waals surface area (Å²) in [6.07, 6.45) is 7.50. The number of thioether (sulfide) groups is 1. The van der Waals surface area contributed by atoms with E-state index in [0.29, 0.717) is 34.7 Å². The summed E-state index contributed by atoms with van der Waals surface area (Å²) < 4.78 is 33.4. The van der Waals surface area contributed by atoms with Crippen molar-refractivity contribution in [3.63, 3.8) is 0 Å². The highest BCUT2D eigenvalue weighted by Gasteiger charge is 2.31. The fraction of sp³-hybridized carbons (Fsp3) is 0.391.